The van der Waals surface area contributed by atoms with Gasteiger partial charge in [-0.2, -0.15) is 4.31 Å². The number of benzene rings is 2. The van der Waals surface area contributed by atoms with Gasteiger partial charge in [0.2, 0.25) is 15.9 Å². The Labute approximate surface area is 188 Å². The summed E-state index contributed by atoms with van der Waals surface area (Å²) in [7, 11) is -3.94. The zero-order chi connectivity index (χ0) is 23.3. The third-order valence-electron chi connectivity index (χ3n) is 6.33. The van der Waals surface area contributed by atoms with Crippen LogP contribution < -0.4 is 5.32 Å². The quantitative estimate of drug-likeness (QED) is 0.618. The van der Waals surface area contributed by atoms with E-state index in [9.17, 15) is 22.0 Å². The molecule has 0 saturated carbocycles. The number of nitrogens with one attached hydrogen (secondary N) is 1. The summed E-state index contributed by atoms with van der Waals surface area (Å²) >= 11 is 0. The number of nitrogens with zero attached hydrogens (tertiary/aromatic N) is 1. The summed E-state index contributed by atoms with van der Waals surface area (Å²) in [6, 6.07) is 12.4. The van der Waals surface area contributed by atoms with E-state index in [1.807, 2.05) is 30.3 Å². The Morgan fingerprint density at radius 1 is 1.03 bits per heavy atom. The number of hydrogen-bond acceptors (Lipinski definition) is 3. The van der Waals surface area contributed by atoms with Crippen LogP contribution in [0.2, 0.25) is 0 Å². The molecule has 0 aromatic heterocycles. The van der Waals surface area contributed by atoms with Crippen LogP contribution in [0.3, 0.4) is 0 Å². The summed E-state index contributed by atoms with van der Waals surface area (Å²) < 4.78 is 53.5. The van der Waals surface area contributed by atoms with E-state index in [0.29, 0.717) is 24.8 Å². The third-order valence-corrected chi connectivity index (χ3v) is 8.22. The van der Waals surface area contributed by atoms with Gasteiger partial charge >= 0.3 is 0 Å². The van der Waals surface area contributed by atoms with E-state index in [1.54, 1.807) is 0 Å². The highest BCUT2D eigenvalue weighted by atomic mass is 32.2. The Hall–Kier alpha value is -2.32. The molecule has 1 heterocycles. The second kappa shape index (κ2) is 10.5. The molecular weight excluding hydrogens is 434 g/mol. The minimum atomic E-state index is -3.94. The smallest absolute Gasteiger partial charge is 0.243 e. The molecule has 2 aromatic carbocycles. The molecular formula is C24H30F2N2O3S. The molecule has 2 aromatic rings. The largest absolute Gasteiger partial charge is 0.349 e. The molecule has 1 aliphatic heterocycles. The second-order valence-corrected chi connectivity index (χ2v) is 10.2. The summed E-state index contributed by atoms with van der Waals surface area (Å²) in [6.45, 7) is 4.52. The number of hydrogen-bond donors (Lipinski definition) is 1. The van der Waals surface area contributed by atoms with Crippen LogP contribution in [0.25, 0.3) is 0 Å². The molecule has 8 heteroatoms. The lowest BCUT2D eigenvalue weighted by Crippen LogP contribution is -2.44. The van der Waals surface area contributed by atoms with Crippen LogP contribution >= 0.6 is 0 Å². The number of rotatable bonds is 8. The molecule has 0 spiro atoms. The Morgan fingerprint density at radius 3 is 2.22 bits per heavy atom. The first kappa shape index (κ1) is 24.3. The van der Waals surface area contributed by atoms with Crippen molar-refractivity contribution in [3.63, 3.8) is 0 Å². The van der Waals surface area contributed by atoms with Gasteiger partial charge in [-0.3, -0.25) is 4.79 Å². The van der Waals surface area contributed by atoms with Gasteiger partial charge in [0.15, 0.2) is 11.6 Å². The Morgan fingerprint density at radius 2 is 1.66 bits per heavy atom. The van der Waals surface area contributed by atoms with Crippen LogP contribution in [0.5, 0.6) is 0 Å². The molecule has 0 bridgehead atoms. The predicted molar refractivity (Wildman–Crippen MR) is 119 cm³/mol. The summed E-state index contributed by atoms with van der Waals surface area (Å²) in [6.07, 6.45) is 2.61. The van der Waals surface area contributed by atoms with E-state index in [-0.39, 0.29) is 35.9 Å². The van der Waals surface area contributed by atoms with Gasteiger partial charge in [-0.15, -0.1) is 0 Å². The molecule has 0 aliphatic carbocycles. The fourth-order valence-electron chi connectivity index (χ4n) is 4.31. The summed E-state index contributed by atoms with van der Waals surface area (Å²) in [5.41, 5.74) is 1.06. The molecule has 0 radical (unpaired) electrons. The van der Waals surface area contributed by atoms with Gasteiger partial charge in [-0.25, -0.2) is 17.2 Å². The average molecular weight is 465 g/mol. The van der Waals surface area contributed by atoms with Crippen LogP contribution in [0.15, 0.2) is 53.4 Å². The molecule has 174 valence electrons. The maximum Gasteiger partial charge on any atom is 0.243 e. The lowest BCUT2D eigenvalue weighted by atomic mass is 9.87. The minimum Gasteiger partial charge on any atom is -0.349 e. The molecule has 5 nitrogen and oxygen atoms in total. The lowest BCUT2D eigenvalue weighted by Gasteiger charge is -2.33. The van der Waals surface area contributed by atoms with Gasteiger partial charge in [0, 0.05) is 19.0 Å². The first-order valence-corrected chi connectivity index (χ1v) is 12.5. The summed E-state index contributed by atoms with van der Waals surface area (Å²) in [5.74, 6) is -2.36. The van der Waals surface area contributed by atoms with Crippen molar-refractivity contribution in [2.75, 3.05) is 13.1 Å². The fourth-order valence-corrected chi connectivity index (χ4v) is 5.79. The topological polar surface area (TPSA) is 66.5 Å². The van der Waals surface area contributed by atoms with Crippen LogP contribution in [-0.4, -0.2) is 31.7 Å². The predicted octanol–water partition coefficient (Wildman–Crippen LogP) is 4.66. The highest BCUT2D eigenvalue weighted by molar-refractivity contribution is 7.89. The van der Waals surface area contributed by atoms with Crippen molar-refractivity contribution in [2.45, 2.75) is 50.5 Å². The van der Waals surface area contributed by atoms with Gasteiger partial charge in [0.1, 0.15) is 0 Å². The van der Waals surface area contributed by atoms with Crippen molar-refractivity contribution in [2.24, 2.45) is 11.8 Å². The normalized spacial score (nSPS) is 16.8. The van der Waals surface area contributed by atoms with Crippen molar-refractivity contribution in [1.29, 1.82) is 0 Å². The van der Waals surface area contributed by atoms with E-state index in [1.165, 1.54) is 4.31 Å². The van der Waals surface area contributed by atoms with Crippen molar-refractivity contribution >= 4 is 15.9 Å². The number of sulfonamides is 1. The second-order valence-electron chi connectivity index (χ2n) is 8.23. The molecule has 32 heavy (non-hydrogen) atoms. The van der Waals surface area contributed by atoms with E-state index in [2.05, 4.69) is 19.2 Å². The molecule has 1 fully saturated rings. The zero-order valence-corrected chi connectivity index (χ0v) is 19.2. The number of halogens is 2. The zero-order valence-electron chi connectivity index (χ0n) is 18.4. The number of carbonyl (C=O) groups excluding carboxylic acids is 1. The molecule has 1 amide bonds. The highest BCUT2D eigenvalue weighted by Crippen LogP contribution is 2.30. The summed E-state index contributed by atoms with van der Waals surface area (Å²) in [5, 5.41) is 3.21. The SMILES string of the molecule is CCC(CC)C(NC(=O)C1CCN(S(=O)(=O)c2ccc(F)c(F)c2)CC1)c1ccccc1. The maximum absolute atomic E-state index is 13.5. The lowest BCUT2D eigenvalue weighted by molar-refractivity contribution is -0.127. The molecule has 1 aliphatic rings. The van der Waals surface area contributed by atoms with Gasteiger partial charge in [-0.05, 0) is 42.5 Å². The maximum atomic E-state index is 13.5. The Bertz CT molecular complexity index is 1020. The minimum absolute atomic E-state index is 0.0735. The van der Waals surface area contributed by atoms with Crippen molar-refractivity contribution in [1.82, 2.24) is 9.62 Å². The average Bonchev–Trinajstić information content (AvgIpc) is 2.81. The first-order valence-electron chi connectivity index (χ1n) is 11.1. The molecule has 1 N–H and O–H groups in total. The van der Waals surface area contributed by atoms with Gasteiger partial charge in [-0.1, -0.05) is 57.0 Å². The van der Waals surface area contributed by atoms with Crippen LogP contribution in [-0.2, 0) is 14.8 Å². The van der Waals surface area contributed by atoms with E-state index in [0.717, 1.165) is 30.5 Å². The van der Waals surface area contributed by atoms with E-state index in [4.69, 9.17) is 0 Å². The molecule has 1 saturated heterocycles. The molecule has 1 unspecified atom stereocenters. The summed E-state index contributed by atoms with van der Waals surface area (Å²) in [4.78, 5) is 12.8. The van der Waals surface area contributed by atoms with Crippen molar-refractivity contribution in [3.8, 4) is 0 Å². The van der Waals surface area contributed by atoms with E-state index < -0.39 is 21.7 Å². The van der Waals surface area contributed by atoms with Crippen LogP contribution in [0.4, 0.5) is 8.78 Å². The third kappa shape index (κ3) is 5.35. The highest BCUT2D eigenvalue weighted by Gasteiger charge is 2.34. The van der Waals surface area contributed by atoms with Gasteiger partial charge in [0.25, 0.3) is 0 Å². The van der Waals surface area contributed by atoms with Gasteiger partial charge < -0.3 is 5.32 Å². The molecule has 3 rings (SSSR count). The number of carbonyl (C=O) groups is 1. The molecule has 1 atom stereocenters. The Balaban J connectivity index is 1.67. The van der Waals surface area contributed by atoms with Crippen molar-refractivity contribution < 1.29 is 22.0 Å². The van der Waals surface area contributed by atoms with Gasteiger partial charge in [0.05, 0.1) is 10.9 Å². The number of amides is 1. The van der Waals surface area contributed by atoms with Crippen LogP contribution in [0.1, 0.15) is 51.1 Å². The standard InChI is InChI=1S/C24H30F2N2O3S/c1-3-17(4-2)23(18-8-6-5-7-9-18)27-24(29)19-12-14-28(15-13-19)32(30,31)20-10-11-21(25)22(26)16-20/h5-11,16-17,19,23H,3-4,12-15H2,1-2H3,(H,27,29). The Kier molecular flexibility index (Phi) is 8.00. The van der Waals surface area contributed by atoms with Crippen LogP contribution in [0, 0.1) is 23.5 Å². The van der Waals surface area contributed by atoms with Crippen molar-refractivity contribution in [3.05, 3.63) is 65.7 Å². The fraction of sp³-hybridized carbons (Fsp3) is 0.458. The van der Waals surface area contributed by atoms with E-state index >= 15 is 0 Å². The first-order chi connectivity index (χ1) is 15.3. The monoisotopic (exact) mass is 464 g/mol. The number of piperidine rings is 1.